The standard InChI is InChI=1S/C23H30O5/c1-13(24)27-21-11-15-5-6-17-16(18(15)12-20(21)26-4)9-10-23(3)19(17)7-8-22(23)28-14(2)25/h11-12,16-17,19,22H,5-10H2,1-4H3/t16-,17+,19-,22-,23-/m0/s1. The van der Waals surface area contributed by atoms with Crippen molar-refractivity contribution in [3.63, 3.8) is 0 Å². The summed E-state index contributed by atoms with van der Waals surface area (Å²) in [4.78, 5) is 23.0. The minimum atomic E-state index is -0.331. The molecular formula is C23H30O5. The molecule has 0 unspecified atom stereocenters. The van der Waals surface area contributed by atoms with E-state index in [1.54, 1.807) is 7.11 Å². The van der Waals surface area contributed by atoms with Gasteiger partial charge < -0.3 is 14.2 Å². The molecule has 0 aromatic heterocycles. The zero-order valence-corrected chi connectivity index (χ0v) is 17.2. The predicted molar refractivity (Wildman–Crippen MR) is 104 cm³/mol. The number of rotatable bonds is 3. The van der Waals surface area contributed by atoms with Gasteiger partial charge in [0.2, 0.25) is 0 Å². The van der Waals surface area contributed by atoms with Crippen LogP contribution in [0.1, 0.15) is 69.9 Å². The van der Waals surface area contributed by atoms with Gasteiger partial charge in [-0.2, -0.15) is 0 Å². The quantitative estimate of drug-likeness (QED) is 0.569. The Labute approximate surface area is 166 Å². The van der Waals surface area contributed by atoms with Crippen molar-refractivity contribution >= 4 is 11.9 Å². The Kier molecular flexibility index (Phi) is 4.88. The van der Waals surface area contributed by atoms with E-state index in [2.05, 4.69) is 13.0 Å². The third-order valence-corrected chi connectivity index (χ3v) is 7.48. The average Bonchev–Trinajstić information content (AvgIpc) is 2.96. The van der Waals surface area contributed by atoms with E-state index >= 15 is 0 Å². The van der Waals surface area contributed by atoms with E-state index in [1.165, 1.54) is 25.0 Å². The third kappa shape index (κ3) is 3.09. The molecule has 3 aliphatic carbocycles. The van der Waals surface area contributed by atoms with Crippen molar-refractivity contribution in [3.05, 3.63) is 23.3 Å². The van der Waals surface area contributed by atoms with Crippen molar-refractivity contribution in [3.8, 4) is 11.5 Å². The smallest absolute Gasteiger partial charge is 0.308 e. The van der Waals surface area contributed by atoms with Crippen LogP contribution in [-0.2, 0) is 20.7 Å². The van der Waals surface area contributed by atoms with Crippen molar-refractivity contribution in [1.82, 2.24) is 0 Å². The molecule has 1 aromatic carbocycles. The summed E-state index contributed by atoms with van der Waals surface area (Å²) in [5.41, 5.74) is 2.71. The second-order valence-corrected chi connectivity index (χ2v) is 8.93. The summed E-state index contributed by atoms with van der Waals surface area (Å²) in [5.74, 6) is 2.35. The second-order valence-electron chi connectivity index (χ2n) is 8.93. The van der Waals surface area contributed by atoms with E-state index in [0.29, 0.717) is 29.3 Å². The number of benzene rings is 1. The zero-order chi connectivity index (χ0) is 20.1. The normalized spacial score (nSPS) is 33.3. The minimum absolute atomic E-state index is 0.0539. The largest absolute Gasteiger partial charge is 0.493 e. The molecule has 0 aliphatic heterocycles. The fourth-order valence-corrected chi connectivity index (χ4v) is 6.32. The summed E-state index contributed by atoms with van der Waals surface area (Å²) in [5, 5.41) is 0. The van der Waals surface area contributed by atoms with E-state index in [1.807, 2.05) is 6.07 Å². The number of fused-ring (bicyclic) bond motifs is 5. The number of hydrogen-bond acceptors (Lipinski definition) is 5. The van der Waals surface area contributed by atoms with Crippen LogP contribution in [0.2, 0.25) is 0 Å². The highest BCUT2D eigenvalue weighted by molar-refractivity contribution is 5.71. The highest BCUT2D eigenvalue weighted by Crippen LogP contribution is 2.62. The maximum Gasteiger partial charge on any atom is 0.308 e. The lowest BCUT2D eigenvalue weighted by molar-refractivity contribution is -0.154. The molecule has 1 aromatic rings. The summed E-state index contributed by atoms with van der Waals surface area (Å²) in [6, 6.07) is 4.08. The number of hydrogen-bond donors (Lipinski definition) is 0. The third-order valence-electron chi connectivity index (χ3n) is 7.48. The minimum Gasteiger partial charge on any atom is -0.493 e. The van der Waals surface area contributed by atoms with Crippen LogP contribution in [0.25, 0.3) is 0 Å². The molecule has 0 radical (unpaired) electrons. The molecule has 2 fully saturated rings. The Hall–Kier alpha value is -2.04. The van der Waals surface area contributed by atoms with Crippen molar-refractivity contribution < 1.29 is 23.8 Å². The van der Waals surface area contributed by atoms with Gasteiger partial charge in [0.1, 0.15) is 6.10 Å². The van der Waals surface area contributed by atoms with Crippen LogP contribution in [-0.4, -0.2) is 25.2 Å². The van der Waals surface area contributed by atoms with Crippen molar-refractivity contribution in [2.45, 2.75) is 71.3 Å². The van der Waals surface area contributed by atoms with Gasteiger partial charge in [-0.3, -0.25) is 9.59 Å². The molecule has 152 valence electrons. The lowest BCUT2D eigenvalue weighted by atomic mass is 9.55. The Bertz CT molecular complexity index is 800. The number of carbonyl (C=O) groups excluding carboxylic acids is 2. The fraction of sp³-hybridized carbons (Fsp3) is 0.652. The van der Waals surface area contributed by atoms with Gasteiger partial charge in [-0.05, 0) is 79.5 Å². The number of carbonyl (C=O) groups is 2. The van der Waals surface area contributed by atoms with E-state index in [0.717, 1.165) is 38.5 Å². The van der Waals surface area contributed by atoms with Crippen LogP contribution in [0.4, 0.5) is 0 Å². The van der Waals surface area contributed by atoms with Crippen LogP contribution < -0.4 is 9.47 Å². The molecule has 0 spiro atoms. The molecule has 0 N–H and O–H groups in total. The van der Waals surface area contributed by atoms with E-state index in [4.69, 9.17) is 14.2 Å². The molecule has 2 saturated carbocycles. The average molecular weight is 386 g/mol. The fourth-order valence-electron chi connectivity index (χ4n) is 6.32. The number of esters is 2. The summed E-state index contributed by atoms with van der Waals surface area (Å²) in [6.07, 6.45) is 6.45. The van der Waals surface area contributed by atoms with Gasteiger partial charge in [0, 0.05) is 19.3 Å². The van der Waals surface area contributed by atoms with Gasteiger partial charge in [-0.15, -0.1) is 0 Å². The molecule has 0 amide bonds. The monoisotopic (exact) mass is 386 g/mol. The van der Waals surface area contributed by atoms with Crippen LogP contribution in [0.3, 0.4) is 0 Å². The van der Waals surface area contributed by atoms with Crippen LogP contribution in [0, 0.1) is 17.3 Å². The summed E-state index contributed by atoms with van der Waals surface area (Å²) < 4.78 is 16.6. The summed E-state index contributed by atoms with van der Waals surface area (Å²) in [6.45, 7) is 5.26. The summed E-state index contributed by atoms with van der Waals surface area (Å²) in [7, 11) is 1.62. The van der Waals surface area contributed by atoms with Crippen LogP contribution in [0.5, 0.6) is 11.5 Å². The van der Waals surface area contributed by atoms with Crippen molar-refractivity contribution in [2.24, 2.45) is 17.3 Å². The van der Waals surface area contributed by atoms with Crippen molar-refractivity contribution in [2.75, 3.05) is 7.11 Å². The lowest BCUT2D eigenvalue weighted by Gasteiger charge is -2.50. The molecule has 5 heteroatoms. The molecular weight excluding hydrogens is 356 g/mol. The molecule has 0 bridgehead atoms. The highest BCUT2D eigenvalue weighted by atomic mass is 16.6. The van der Waals surface area contributed by atoms with Crippen molar-refractivity contribution in [1.29, 1.82) is 0 Å². The van der Waals surface area contributed by atoms with Gasteiger partial charge in [-0.1, -0.05) is 6.92 Å². The molecule has 5 nitrogen and oxygen atoms in total. The SMILES string of the molecule is COc1cc2c(cc1OC(C)=O)CC[C@@H]1[C@@H]2CC[C@]2(C)[C@@H](OC(C)=O)CC[C@@H]12. The lowest BCUT2D eigenvalue weighted by Crippen LogP contribution is -2.45. The Morgan fingerprint density at radius 3 is 2.50 bits per heavy atom. The maximum absolute atomic E-state index is 11.6. The second kappa shape index (κ2) is 7.09. The number of methoxy groups -OCH3 is 1. The molecule has 5 atom stereocenters. The van der Waals surface area contributed by atoms with Gasteiger partial charge in [-0.25, -0.2) is 0 Å². The van der Waals surface area contributed by atoms with Crippen LogP contribution in [0.15, 0.2) is 12.1 Å². The summed E-state index contributed by atoms with van der Waals surface area (Å²) >= 11 is 0. The van der Waals surface area contributed by atoms with E-state index < -0.39 is 0 Å². The molecule has 0 saturated heterocycles. The molecule has 3 aliphatic rings. The van der Waals surface area contributed by atoms with E-state index in [9.17, 15) is 9.59 Å². The topological polar surface area (TPSA) is 61.8 Å². The molecule has 4 rings (SSSR count). The first-order chi connectivity index (χ1) is 13.3. The predicted octanol–water partition coefficient (Wildman–Crippen LogP) is 4.41. The first-order valence-corrected chi connectivity index (χ1v) is 10.4. The van der Waals surface area contributed by atoms with Crippen LogP contribution >= 0.6 is 0 Å². The van der Waals surface area contributed by atoms with Gasteiger partial charge >= 0.3 is 11.9 Å². The zero-order valence-electron chi connectivity index (χ0n) is 17.2. The van der Waals surface area contributed by atoms with Gasteiger partial charge in [0.25, 0.3) is 0 Å². The first kappa shape index (κ1) is 19.3. The first-order valence-electron chi connectivity index (χ1n) is 10.4. The number of aryl methyl sites for hydroxylation is 1. The molecule has 28 heavy (non-hydrogen) atoms. The Balaban J connectivity index is 1.64. The molecule has 0 heterocycles. The Morgan fingerprint density at radius 2 is 1.82 bits per heavy atom. The van der Waals surface area contributed by atoms with E-state index in [-0.39, 0.29) is 23.5 Å². The Morgan fingerprint density at radius 1 is 1.04 bits per heavy atom. The number of ether oxygens (including phenoxy) is 3. The highest BCUT2D eigenvalue weighted by Gasteiger charge is 2.56. The van der Waals surface area contributed by atoms with Gasteiger partial charge in [0.15, 0.2) is 11.5 Å². The van der Waals surface area contributed by atoms with Gasteiger partial charge in [0.05, 0.1) is 7.11 Å². The maximum atomic E-state index is 11.6.